The van der Waals surface area contributed by atoms with Gasteiger partial charge in [-0.1, -0.05) is 13.0 Å². The lowest BCUT2D eigenvalue weighted by Gasteiger charge is -2.31. The van der Waals surface area contributed by atoms with Crippen LogP contribution in [0.4, 0.5) is 0 Å². The minimum atomic E-state index is -0.970. The maximum absolute atomic E-state index is 11.5. The molecule has 0 aromatic heterocycles. The Hall–Kier alpha value is -0.830. The first-order valence-electron chi connectivity index (χ1n) is 5.03. The van der Waals surface area contributed by atoms with Crippen molar-refractivity contribution in [2.75, 3.05) is 7.11 Å². The molecule has 0 spiro atoms. The van der Waals surface area contributed by atoms with E-state index in [0.29, 0.717) is 12.8 Å². The van der Waals surface area contributed by atoms with Crippen molar-refractivity contribution in [1.29, 1.82) is 0 Å². The molecule has 0 aliphatic heterocycles. The number of rotatable bonds is 3. The number of hydrogen-bond donors (Lipinski definition) is 1. The lowest BCUT2D eigenvalue weighted by Crippen LogP contribution is -2.41. The van der Waals surface area contributed by atoms with Gasteiger partial charge in [-0.25, -0.2) is 0 Å². The van der Waals surface area contributed by atoms with Crippen molar-refractivity contribution in [3.8, 4) is 0 Å². The van der Waals surface area contributed by atoms with Crippen LogP contribution in [0, 0.1) is 5.92 Å². The second kappa shape index (κ2) is 4.13. The van der Waals surface area contributed by atoms with Crippen LogP contribution in [0.25, 0.3) is 0 Å². The van der Waals surface area contributed by atoms with Gasteiger partial charge in [-0.15, -0.1) is 0 Å². The van der Waals surface area contributed by atoms with Crippen LogP contribution in [0.3, 0.4) is 0 Å². The number of carbonyl (C=O) groups is 1. The van der Waals surface area contributed by atoms with Crippen molar-refractivity contribution < 1.29 is 14.6 Å². The van der Waals surface area contributed by atoms with Crippen LogP contribution in [0.1, 0.15) is 33.1 Å². The quantitative estimate of drug-likeness (QED) is 0.554. The van der Waals surface area contributed by atoms with Crippen molar-refractivity contribution in [2.24, 2.45) is 5.92 Å². The number of ether oxygens (including phenoxy) is 1. The van der Waals surface area contributed by atoms with Crippen molar-refractivity contribution in [3.63, 3.8) is 0 Å². The zero-order chi connectivity index (χ0) is 10.8. The average molecular weight is 198 g/mol. The smallest absolute Gasteiger partial charge is 0.311 e. The van der Waals surface area contributed by atoms with E-state index in [0.717, 1.165) is 12.0 Å². The maximum Gasteiger partial charge on any atom is 0.311 e. The molecule has 80 valence electrons. The number of methoxy groups -OCH3 is 1. The van der Waals surface area contributed by atoms with Gasteiger partial charge in [0.25, 0.3) is 0 Å². The molecule has 0 bridgehead atoms. The third kappa shape index (κ3) is 1.69. The molecule has 0 amide bonds. The van der Waals surface area contributed by atoms with Crippen LogP contribution in [0.2, 0.25) is 0 Å². The predicted molar refractivity (Wildman–Crippen MR) is 53.7 cm³/mol. The summed E-state index contributed by atoms with van der Waals surface area (Å²) >= 11 is 0. The van der Waals surface area contributed by atoms with Crippen LogP contribution in [0.5, 0.6) is 0 Å². The van der Waals surface area contributed by atoms with Crippen molar-refractivity contribution in [3.05, 3.63) is 11.6 Å². The molecule has 0 saturated carbocycles. The Balaban J connectivity index is 2.88. The topological polar surface area (TPSA) is 46.5 Å². The molecule has 3 heteroatoms. The van der Waals surface area contributed by atoms with E-state index < -0.39 is 11.5 Å². The molecule has 14 heavy (non-hydrogen) atoms. The SMILES string of the molecule is CCC(C(=O)OC)C1(O)CCC=C1C. The molecule has 0 heterocycles. The summed E-state index contributed by atoms with van der Waals surface area (Å²) in [5, 5.41) is 10.4. The van der Waals surface area contributed by atoms with Crippen LogP contribution in [0.15, 0.2) is 11.6 Å². The van der Waals surface area contributed by atoms with Gasteiger partial charge in [-0.05, 0) is 31.8 Å². The van der Waals surface area contributed by atoms with Gasteiger partial charge in [-0.2, -0.15) is 0 Å². The lowest BCUT2D eigenvalue weighted by molar-refractivity contribution is -0.153. The molecule has 1 rings (SSSR count). The van der Waals surface area contributed by atoms with Crippen LogP contribution >= 0.6 is 0 Å². The summed E-state index contributed by atoms with van der Waals surface area (Å²) in [6.07, 6.45) is 4.07. The summed E-state index contributed by atoms with van der Waals surface area (Å²) < 4.78 is 4.70. The molecule has 0 radical (unpaired) electrons. The maximum atomic E-state index is 11.5. The Kier molecular flexibility index (Phi) is 3.32. The third-order valence-corrected chi connectivity index (χ3v) is 3.13. The van der Waals surface area contributed by atoms with Gasteiger partial charge in [-0.3, -0.25) is 4.79 Å². The molecule has 0 aromatic carbocycles. The van der Waals surface area contributed by atoms with E-state index in [9.17, 15) is 9.90 Å². The van der Waals surface area contributed by atoms with Gasteiger partial charge < -0.3 is 9.84 Å². The van der Waals surface area contributed by atoms with E-state index in [1.807, 2.05) is 19.9 Å². The normalized spacial score (nSPS) is 28.4. The summed E-state index contributed by atoms with van der Waals surface area (Å²) in [6.45, 7) is 3.77. The van der Waals surface area contributed by atoms with Crippen LogP contribution in [-0.2, 0) is 9.53 Å². The van der Waals surface area contributed by atoms with Crippen molar-refractivity contribution >= 4 is 5.97 Å². The van der Waals surface area contributed by atoms with Crippen LogP contribution < -0.4 is 0 Å². The van der Waals surface area contributed by atoms with Gasteiger partial charge in [0.2, 0.25) is 0 Å². The molecule has 1 aliphatic rings. The van der Waals surface area contributed by atoms with E-state index in [4.69, 9.17) is 4.74 Å². The Labute approximate surface area is 84.8 Å². The second-order valence-electron chi connectivity index (χ2n) is 3.83. The summed E-state index contributed by atoms with van der Waals surface area (Å²) in [4.78, 5) is 11.5. The first kappa shape index (κ1) is 11.2. The van der Waals surface area contributed by atoms with Gasteiger partial charge in [0.05, 0.1) is 18.6 Å². The van der Waals surface area contributed by atoms with Crippen molar-refractivity contribution in [2.45, 2.75) is 38.7 Å². The van der Waals surface area contributed by atoms with E-state index in [-0.39, 0.29) is 5.97 Å². The van der Waals surface area contributed by atoms with E-state index in [2.05, 4.69) is 0 Å². The molecule has 0 fully saturated rings. The van der Waals surface area contributed by atoms with Crippen molar-refractivity contribution in [1.82, 2.24) is 0 Å². The van der Waals surface area contributed by atoms with Crippen LogP contribution in [-0.4, -0.2) is 23.8 Å². The zero-order valence-corrected chi connectivity index (χ0v) is 9.04. The second-order valence-corrected chi connectivity index (χ2v) is 3.83. The zero-order valence-electron chi connectivity index (χ0n) is 9.04. The highest BCUT2D eigenvalue weighted by Gasteiger charge is 2.43. The number of aliphatic hydroxyl groups is 1. The fourth-order valence-corrected chi connectivity index (χ4v) is 2.17. The standard InChI is InChI=1S/C11H18O3/c1-4-9(10(12)14-3)11(13)7-5-6-8(11)2/h6,9,13H,4-5,7H2,1-3H3. The summed E-state index contributed by atoms with van der Waals surface area (Å²) in [6, 6.07) is 0. The van der Waals surface area contributed by atoms with E-state index >= 15 is 0 Å². The molecule has 0 aromatic rings. The number of esters is 1. The summed E-state index contributed by atoms with van der Waals surface area (Å²) in [5.74, 6) is -0.740. The highest BCUT2D eigenvalue weighted by atomic mass is 16.5. The van der Waals surface area contributed by atoms with E-state index in [1.54, 1.807) is 0 Å². The number of allylic oxidation sites excluding steroid dienone is 1. The fourth-order valence-electron chi connectivity index (χ4n) is 2.17. The third-order valence-electron chi connectivity index (χ3n) is 3.13. The molecule has 3 nitrogen and oxygen atoms in total. The Morgan fingerprint density at radius 1 is 1.79 bits per heavy atom. The largest absolute Gasteiger partial charge is 0.469 e. The molecule has 1 N–H and O–H groups in total. The van der Waals surface area contributed by atoms with E-state index in [1.165, 1.54) is 7.11 Å². The predicted octanol–water partition coefficient (Wildman–Crippen LogP) is 1.66. The first-order valence-corrected chi connectivity index (χ1v) is 5.03. The highest BCUT2D eigenvalue weighted by molar-refractivity contribution is 5.74. The van der Waals surface area contributed by atoms with Gasteiger partial charge in [0.1, 0.15) is 0 Å². The summed E-state index contributed by atoms with van der Waals surface area (Å²) in [7, 11) is 1.36. The minimum absolute atomic E-state index is 0.315. The average Bonchev–Trinajstić information content (AvgIpc) is 2.48. The fraction of sp³-hybridized carbons (Fsp3) is 0.727. The molecule has 0 saturated heterocycles. The van der Waals surface area contributed by atoms with Gasteiger partial charge in [0, 0.05) is 0 Å². The monoisotopic (exact) mass is 198 g/mol. The minimum Gasteiger partial charge on any atom is -0.469 e. The Morgan fingerprint density at radius 2 is 2.43 bits per heavy atom. The molecular weight excluding hydrogens is 180 g/mol. The van der Waals surface area contributed by atoms with Gasteiger partial charge >= 0.3 is 5.97 Å². The molecule has 1 aliphatic carbocycles. The number of carbonyl (C=O) groups excluding carboxylic acids is 1. The Morgan fingerprint density at radius 3 is 2.79 bits per heavy atom. The first-order chi connectivity index (χ1) is 6.56. The highest BCUT2D eigenvalue weighted by Crippen LogP contribution is 2.38. The number of hydrogen-bond acceptors (Lipinski definition) is 3. The molecular formula is C11H18O3. The Bertz CT molecular complexity index is 257. The lowest BCUT2D eigenvalue weighted by atomic mass is 9.81. The summed E-state index contributed by atoms with van der Waals surface area (Å²) in [5.41, 5.74) is -0.0725. The van der Waals surface area contributed by atoms with Gasteiger partial charge in [0.15, 0.2) is 0 Å². The molecule has 2 atom stereocenters. The molecule has 2 unspecified atom stereocenters.